The first-order valence-corrected chi connectivity index (χ1v) is 11.0. The summed E-state index contributed by atoms with van der Waals surface area (Å²) in [6.45, 7) is 3.95. The van der Waals surface area contributed by atoms with Gasteiger partial charge in [-0.1, -0.05) is 0 Å². The van der Waals surface area contributed by atoms with E-state index in [0.717, 1.165) is 2.78 Å². The molecular weight excluding hydrogens is 493 g/mol. The number of sulfone groups is 1. The van der Waals surface area contributed by atoms with Gasteiger partial charge in [0.2, 0.25) is 0 Å². The van der Waals surface area contributed by atoms with Crippen LogP contribution in [0.3, 0.4) is 0 Å². The number of nitrogens with zero attached hydrogens (tertiary/aromatic N) is 4. The molecule has 2 atom stereocenters. The number of halogens is 3. The van der Waals surface area contributed by atoms with E-state index in [-0.39, 0.29) is 28.5 Å². The van der Waals surface area contributed by atoms with Crippen molar-refractivity contribution in [3.05, 3.63) is 27.7 Å². The number of hydrogen-bond acceptors (Lipinski definition) is 6. The lowest BCUT2D eigenvalue weighted by molar-refractivity contribution is 0.206. The molecule has 0 radical (unpaired) electrons. The fraction of sp³-hybridized carbons (Fsp3) is 0.500. The molecule has 2 aromatic rings. The van der Waals surface area contributed by atoms with Gasteiger partial charge in [0.05, 0.1) is 40.0 Å². The van der Waals surface area contributed by atoms with Gasteiger partial charge in [-0.05, 0) is 20.9 Å². The SMILES string of the molecule is Cc1c(F)c2c3c(nc(=O)n(I)c3c1F)N1CC(C)N(C)CC1CS2(=O)=O. The van der Waals surface area contributed by atoms with Gasteiger partial charge < -0.3 is 4.90 Å². The maximum atomic E-state index is 15.0. The van der Waals surface area contributed by atoms with Crippen molar-refractivity contribution in [3.63, 3.8) is 0 Å². The van der Waals surface area contributed by atoms with E-state index in [2.05, 4.69) is 4.98 Å². The third kappa shape index (κ3) is 2.61. The molecule has 1 aromatic heterocycles. The fourth-order valence-electron chi connectivity index (χ4n) is 3.87. The first-order chi connectivity index (χ1) is 12.5. The van der Waals surface area contributed by atoms with E-state index in [1.165, 1.54) is 6.92 Å². The lowest BCUT2D eigenvalue weighted by Crippen LogP contribution is -2.58. The largest absolute Gasteiger partial charge is 0.359 e. The van der Waals surface area contributed by atoms with Crippen molar-refractivity contribution < 1.29 is 17.2 Å². The number of likely N-dealkylation sites (N-methyl/N-ethyl adjacent to an activating group) is 1. The van der Waals surface area contributed by atoms with Crippen LogP contribution in [0.5, 0.6) is 0 Å². The van der Waals surface area contributed by atoms with Gasteiger partial charge in [-0.3, -0.25) is 4.90 Å². The van der Waals surface area contributed by atoms with Gasteiger partial charge in [-0.2, -0.15) is 4.98 Å². The van der Waals surface area contributed by atoms with Crippen molar-refractivity contribution in [2.24, 2.45) is 0 Å². The van der Waals surface area contributed by atoms with Gasteiger partial charge in [-0.25, -0.2) is 24.8 Å². The number of fused-ring (bicyclic) bond motifs is 2. The van der Waals surface area contributed by atoms with Gasteiger partial charge in [0, 0.05) is 24.7 Å². The number of piperazine rings is 1. The molecule has 0 bridgehead atoms. The Kier molecular flexibility index (Phi) is 4.28. The highest BCUT2D eigenvalue weighted by Gasteiger charge is 2.42. The zero-order valence-corrected chi connectivity index (χ0v) is 17.8. The van der Waals surface area contributed by atoms with Crippen LogP contribution in [0.2, 0.25) is 0 Å². The standard InChI is InChI=1S/C16H17F2IN4O3S/c1-7-4-22-9(5-21(7)3)6-27(25,26)14-10-13(11(17)8(2)12(14)18)23(19)16(24)20-15(10)22/h7,9H,4-6H2,1-3H3. The normalized spacial score (nSPS) is 24.7. The van der Waals surface area contributed by atoms with Crippen molar-refractivity contribution in [2.75, 3.05) is 30.8 Å². The van der Waals surface area contributed by atoms with Crippen LogP contribution in [0.1, 0.15) is 12.5 Å². The van der Waals surface area contributed by atoms with E-state index >= 15 is 0 Å². The third-order valence-corrected chi connectivity index (χ3v) is 8.19. The summed E-state index contributed by atoms with van der Waals surface area (Å²) >= 11 is 1.57. The number of rotatable bonds is 0. The van der Waals surface area contributed by atoms with Gasteiger partial charge in [0.1, 0.15) is 22.0 Å². The Morgan fingerprint density at radius 1 is 1.22 bits per heavy atom. The molecule has 0 N–H and O–H groups in total. The second-order valence-electron chi connectivity index (χ2n) is 7.18. The monoisotopic (exact) mass is 510 g/mol. The predicted molar refractivity (Wildman–Crippen MR) is 105 cm³/mol. The number of anilines is 1. The van der Waals surface area contributed by atoms with Crippen LogP contribution in [0.4, 0.5) is 14.6 Å². The van der Waals surface area contributed by atoms with Crippen LogP contribution < -0.4 is 10.6 Å². The Hall–Kier alpha value is -1.34. The van der Waals surface area contributed by atoms with Crippen molar-refractivity contribution in [2.45, 2.75) is 30.8 Å². The highest BCUT2D eigenvalue weighted by Crippen LogP contribution is 2.41. The molecule has 2 aliphatic rings. The molecule has 4 rings (SSSR count). The van der Waals surface area contributed by atoms with Gasteiger partial charge >= 0.3 is 5.69 Å². The zero-order chi connectivity index (χ0) is 19.8. The van der Waals surface area contributed by atoms with Crippen LogP contribution in [0.25, 0.3) is 10.9 Å². The minimum atomic E-state index is -4.06. The van der Waals surface area contributed by atoms with Crippen molar-refractivity contribution in [3.8, 4) is 0 Å². The summed E-state index contributed by atoms with van der Waals surface area (Å²) in [6.07, 6.45) is 0. The maximum Gasteiger partial charge on any atom is 0.359 e. The van der Waals surface area contributed by atoms with Gasteiger partial charge in [-0.15, -0.1) is 0 Å². The summed E-state index contributed by atoms with van der Waals surface area (Å²) in [5, 5.41) is -0.149. The van der Waals surface area contributed by atoms with Crippen molar-refractivity contribution in [1.82, 2.24) is 12.7 Å². The molecule has 1 saturated heterocycles. The van der Waals surface area contributed by atoms with Crippen LogP contribution >= 0.6 is 22.9 Å². The Morgan fingerprint density at radius 3 is 2.56 bits per heavy atom. The molecule has 1 fully saturated rings. The molecule has 0 aliphatic carbocycles. The second kappa shape index (κ2) is 6.08. The van der Waals surface area contributed by atoms with Crippen LogP contribution in [0, 0.1) is 18.6 Å². The Balaban J connectivity index is 2.22. The summed E-state index contributed by atoms with van der Waals surface area (Å²) in [4.78, 5) is 19.6. The number of hydrogen-bond donors (Lipinski definition) is 0. The summed E-state index contributed by atoms with van der Waals surface area (Å²) in [5.41, 5.74) is -1.39. The third-order valence-electron chi connectivity index (χ3n) is 5.47. The van der Waals surface area contributed by atoms with Gasteiger partial charge in [0.15, 0.2) is 15.7 Å². The lowest BCUT2D eigenvalue weighted by atomic mass is 10.1. The highest BCUT2D eigenvalue weighted by molar-refractivity contribution is 14.1. The molecule has 2 aliphatic heterocycles. The van der Waals surface area contributed by atoms with Gasteiger partial charge in [0.25, 0.3) is 0 Å². The Labute approximate surface area is 168 Å². The van der Waals surface area contributed by atoms with Crippen LogP contribution in [-0.2, 0) is 9.84 Å². The summed E-state index contributed by atoms with van der Waals surface area (Å²) < 4.78 is 57.0. The zero-order valence-electron chi connectivity index (χ0n) is 14.8. The predicted octanol–water partition coefficient (Wildman–Crippen LogP) is 1.48. The topological polar surface area (TPSA) is 75.5 Å². The van der Waals surface area contributed by atoms with Crippen molar-refractivity contribution >= 4 is 49.4 Å². The molecule has 0 spiro atoms. The Bertz CT molecular complexity index is 1150. The second-order valence-corrected chi connectivity index (χ2v) is 10.1. The van der Waals surface area contributed by atoms with Crippen LogP contribution in [0.15, 0.2) is 9.69 Å². The summed E-state index contributed by atoms with van der Waals surface area (Å²) in [7, 11) is -2.19. The fourth-order valence-corrected chi connectivity index (χ4v) is 6.32. The van der Waals surface area contributed by atoms with E-state index in [1.807, 2.05) is 18.9 Å². The number of benzene rings is 1. The van der Waals surface area contributed by atoms with E-state index in [4.69, 9.17) is 0 Å². The molecule has 146 valence electrons. The maximum absolute atomic E-state index is 15.0. The van der Waals surface area contributed by atoms with E-state index in [9.17, 15) is 22.0 Å². The molecule has 7 nitrogen and oxygen atoms in total. The minimum Gasteiger partial charge on any atom is -0.349 e. The molecule has 1 aromatic carbocycles. The number of aromatic nitrogens is 2. The van der Waals surface area contributed by atoms with E-state index in [0.29, 0.717) is 13.1 Å². The van der Waals surface area contributed by atoms with E-state index < -0.39 is 43.7 Å². The molecule has 11 heteroatoms. The molecule has 2 unspecified atom stereocenters. The van der Waals surface area contributed by atoms with Crippen LogP contribution in [-0.4, -0.2) is 59.1 Å². The van der Waals surface area contributed by atoms with Crippen molar-refractivity contribution in [1.29, 1.82) is 0 Å². The summed E-state index contributed by atoms with van der Waals surface area (Å²) in [6, 6.07) is -0.448. The molecule has 27 heavy (non-hydrogen) atoms. The average molecular weight is 510 g/mol. The average Bonchev–Trinajstić information content (AvgIpc) is 2.66. The first kappa shape index (κ1) is 19.0. The molecule has 3 heterocycles. The highest BCUT2D eigenvalue weighted by atomic mass is 127. The Morgan fingerprint density at radius 2 is 1.89 bits per heavy atom. The summed E-state index contributed by atoms with van der Waals surface area (Å²) in [5.74, 6) is -2.34. The molecular formula is C16H17F2IN4O3S. The quantitative estimate of drug-likeness (QED) is 0.395. The molecule has 0 amide bonds. The lowest BCUT2D eigenvalue weighted by Gasteiger charge is -2.43. The minimum absolute atomic E-state index is 0.0433. The molecule has 0 saturated carbocycles. The van der Waals surface area contributed by atoms with E-state index in [1.54, 1.807) is 27.8 Å². The first-order valence-electron chi connectivity index (χ1n) is 8.34. The smallest absolute Gasteiger partial charge is 0.349 e.